The predicted molar refractivity (Wildman–Crippen MR) is 106 cm³/mol. The molecule has 1 aliphatic heterocycles. The molecule has 0 amide bonds. The highest BCUT2D eigenvalue weighted by molar-refractivity contribution is 5.93. The summed E-state index contributed by atoms with van der Waals surface area (Å²) in [6, 6.07) is 10.7. The Balaban J connectivity index is 1.85. The van der Waals surface area contributed by atoms with E-state index in [-0.39, 0.29) is 0 Å². The van der Waals surface area contributed by atoms with Gasteiger partial charge in [-0.15, -0.1) is 0 Å². The van der Waals surface area contributed by atoms with Crippen LogP contribution >= 0.6 is 0 Å². The smallest absolute Gasteiger partial charge is 0.162 e. The Labute approximate surface area is 154 Å². The number of rotatable bonds is 5. The zero-order valence-electron chi connectivity index (χ0n) is 15.5. The van der Waals surface area contributed by atoms with Gasteiger partial charge in [-0.3, -0.25) is 0 Å². The van der Waals surface area contributed by atoms with Crippen LogP contribution in [0.1, 0.15) is 29.5 Å². The van der Waals surface area contributed by atoms with Crippen molar-refractivity contribution in [2.24, 2.45) is 5.73 Å². The topological polar surface area (TPSA) is 60.3 Å². The van der Waals surface area contributed by atoms with Gasteiger partial charge in [0.05, 0.1) is 0 Å². The first kappa shape index (κ1) is 17.0. The van der Waals surface area contributed by atoms with Gasteiger partial charge in [-0.1, -0.05) is 12.1 Å². The Morgan fingerprint density at radius 2 is 1.81 bits per heavy atom. The first-order valence-electron chi connectivity index (χ1n) is 9.40. The summed E-state index contributed by atoms with van der Waals surface area (Å²) in [4.78, 5) is 3.70. The molecule has 3 N–H and O–H groups in total. The molecule has 2 heterocycles. The van der Waals surface area contributed by atoms with Gasteiger partial charge in [0.25, 0.3) is 0 Å². The van der Waals surface area contributed by atoms with Crippen LogP contribution in [-0.2, 0) is 6.42 Å². The minimum Gasteiger partial charge on any atom is -0.486 e. The largest absolute Gasteiger partial charge is 0.486 e. The minimum absolute atomic E-state index is 0.602. The van der Waals surface area contributed by atoms with E-state index < -0.39 is 0 Å². The number of nitrogens with one attached hydrogen (secondary N) is 1. The summed E-state index contributed by atoms with van der Waals surface area (Å²) in [5, 5.41) is 1.31. The van der Waals surface area contributed by atoms with Crippen LogP contribution in [0.3, 0.4) is 0 Å². The maximum atomic E-state index is 5.79. The van der Waals surface area contributed by atoms with Crippen molar-refractivity contribution < 1.29 is 9.47 Å². The van der Waals surface area contributed by atoms with E-state index in [2.05, 4.69) is 43.1 Å². The van der Waals surface area contributed by atoms with Crippen molar-refractivity contribution in [2.45, 2.75) is 33.1 Å². The number of aromatic nitrogens is 1. The maximum absolute atomic E-state index is 5.79. The zero-order chi connectivity index (χ0) is 18.1. The van der Waals surface area contributed by atoms with Gasteiger partial charge in [-0.05, 0) is 74.5 Å². The van der Waals surface area contributed by atoms with E-state index >= 15 is 0 Å². The average molecular weight is 350 g/mol. The molecule has 4 heteroatoms. The molecule has 26 heavy (non-hydrogen) atoms. The first-order chi connectivity index (χ1) is 12.7. The van der Waals surface area contributed by atoms with Gasteiger partial charge in [0.15, 0.2) is 11.5 Å². The maximum Gasteiger partial charge on any atom is 0.162 e. The molecule has 4 rings (SSSR count). The summed E-state index contributed by atoms with van der Waals surface area (Å²) in [5.41, 5.74) is 13.3. The Morgan fingerprint density at radius 1 is 1.00 bits per heavy atom. The number of ether oxygens (including phenoxy) is 2. The average Bonchev–Trinajstić information content (AvgIpc) is 3.04. The molecule has 0 fully saturated rings. The van der Waals surface area contributed by atoms with Crippen LogP contribution in [0.5, 0.6) is 11.5 Å². The third kappa shape index (κ3) is 2.95. The van der Waals surface area contributed by atoms with Gasteiger partial charge in [0, 0.05) is 22.2 Å². The Hall–Kier alpha value is -2.46. The molecule has 3 aromatic rings. The molecule has 136 valence electrons. The van der Waals surface area contributed by atoms with Crippen molar-refractivity contribution in [1.29, 1.82) is 0 Å². The molecule has 4 nitrogen and oxygen atoms in total. The lowest BCUT2D eigenvalue weighted by atomic mass is 9.98. The number of fused-ring (bicyclic) bond motifs is 2. The van der Waals surface area contributed by atoms with Crippen molar-refractivity contribution in [3.05, 3.63) is 47.0 Å². The third-order valence-corrected chi connectivity index (χ3v) is 5.32. The summed E-state index contributed by atoms with van der Waals surface area (Å²) >= 11 is 0. The van der Waals surface area contributed by atoms with Gasteiger partial charge >= 0.3 is 0 Å². The van der Waals surface area contributed by atoms with Crippen LogP contribution in [0, 0.1) is 13.8 Å². The summed E-state index contributed by atoms with van der Waals surface area (Å²) < 4.78 is 11.5. The number of unbranched alkanes of at least 4 members (excludes halogenated alkanes) is 1. The highest BCUT2D eigenvalue weighted by Gasteiger charge is 2.18. The Bertz CT molecular complexity index is 943. The molecule has 0 aliphatic carbocycles. The lowest BCUT2D eigenvalue weighted by Gasteiger charge is -2.19. The van der Waals surface area contributed by atoms with Crippen molar-refractivity contribution in [3.63, 3.8) is 0 Å². The normalized spacial score (nSPS) is 13.3. The molecule has 0 saturated heterocycles. The van der Waals surface area contributed by atoms with Gasteiger partial charge in [0.1, 0.15) is 13.2 Å². The quantitative estimate of drug-likeness (QED) is 0.666. The van der Waals surface area contributed by atoms with Crippen LogP contribution in [-0.4, -0.2) is 24.7 Å². The standard InChI is InChI=1S/C22H26N2O2/c1-14-6-8-18-17(5-3-4-10-23)22(24-21(18)15(14)2)16-7-9-19-20(13-16)26-12-11-25-19/h6-9,13,24H,3-5,10-12,23H2,1-2H3. The van der Waals surface area contributed by atoms with E-state index in [9.17, 15) is 0 Å². The zero-order valence-corrected chi connectivity index (χ0v) is 15.5. The fourth-order valence-corrected chi connectivity index (χ4v) is 3.71. The molecule has 2 aromatic carbocycles. The van der Waals surface area contributed by atoms with Crippen molar-refractivity contribution >= 4 is 10.9 Å². The van der Waals surface area contributed by atoms with Gasteiger partial charge in [-0.25, -0.2) is 0 Å². The van der Waals surface area contributed by atoms with Crippen molar-refractivity contribution in [1.82, 2.24) is 4.98 Å². The molecule has 0 spiro atoms. The molecule has 0 atom stereocenters. The lowest BCUT2D eigenvalue weighted by molar-refractivity contribution is 0.171. The number of nitrogens with two attached hydrogens (primary N) is 1. The van der Waals surface area contributed by atoms with Gasteiger partial charge in [-0.2, -0.15) is 0 Å². The minimum atomic E-state index is 0.602. The number of aromatic amines is 1. The molecule has 0 bridgehead atoms. The first-order valence-corrected chi connectivity index (χ1v) is 9.40. The summed E-state index contributed by atoms with van der Waals surface area (Å²) in [6.45, 7) is 6.30. The van der Waals surface area contributed by atoms with Crippen molar-refractivity contribution in [3.8, 4) is 22.8 Å². The number of aryl methyl sites for hydroxylation is 3. The number of benzene rings is 2. The van der Waals surface area contributed by atoms with Crippen LogP contribution < -0.4 is 15.2 Å². The SMILES string of the molecule is Cc1ccc2c(CCCCN)c(-c3ccc4c(c3)OCCO4)[nH]c2c1C. The molecule has 0 unspecified atom stereocenters. The molecule has 1 aliphatic rings. The van der Waals surface area contributed by atoms with Crippen molar-refractivity contribution in [2.75, 3.05) is 19.8 Å². The molecule has 1 aromatic heterocycles. The van der Waals surface area contributed by atoms with E-state index in [1.54, 1.807) is 0 Å². The second-order valence-electron chi connectivity index (χ2n) is 7.01. The molecular formula is C22H26N2O2. The lowest BCUT2D eigenvalue weighted by Crippen LogP contribution is -2.15. The summed E-state index contributed by atoms with van der Waals surface area (Å²) in [7, 11) is 0. The van der Waals surface area contributed by atoms with E-state index in [1.165, 1.54) is 33.3 Å². The van der Waals surface area contributed by atoms with Gasteiger partial charge < -0.3 is 20.2 Å². The van der Waals surface area contributed by atoms with E-state index in [0.29, 0.717) is 13.2 Å². The number of hydrogen-bond donors (Lipinski definition) is 2. The van der Waals surface area contributed by atoms with Gasteiger partial charge in [0.2, 0.25) is 0 Å². The van der Waals surface area contributed by atoms with E-state index in [0.717, 1.165) is 42.9 Å². The fourth-order valence-electron chi connectivity index (χ4n) is 3.71. The second-order valence-corrected chi connectivity index (χ2v) is 7.01. The summed E-state index contributed by atoms with van der Waals surface area (Å²) in [5.74, 6) is 1.65. The number of hydrogen-bond acceptors (Lipinski definition) is 3. The number of H-pyrrole nitrogens is 1. The molecular weight excluding hydrogens is 324 g/mol. The second kappa shape index (κ2) is 7.04. The fraction of sp³-hybridized carbons (Fsp3) is 0.364. The highest BCUT2D eigenvalue weighted by atomic mass is 16.6. The predicted octanol–water partition coefficient (Wildman–Crippen LogP) is 4.50. The van der Waals surface area contributed by atoms with E-state index in [4.69, 9.17) is 15.2 Å². The Kier molecular flexibility index (Phi) is 4.60. The van der Waals surface area contributed by atoms with Crippen LogP contribution in [0.2, 0.25) is 0 Å². The molecule has 0 saturated carbocycles. The van der Waals surface area contributed by atoms with E-state index in [1.807, 2.05) is 6.07 Å². The van der Waals surface area contributed by atoms with Crippen LogP contribution in [0.15, 0.2) is 30.3 Å². The summed E-state index contributed by atoms with van der Waals surface area (Å²) in [6.07, 6.45) is 3.15. The Morgan fingerprint density at radius 3 is 2.62 bits per heavy atom. The monoisotopic (exact) mass is 350 g/mol. The third-order valence-electron chi connectivity index (χ3n) is 5.32. The van der Waals surface area contributed by atoms with Crippen LogP contribution in [0.25, 0.3) is 22.2 Å². The molecule has 0 radical (unpaired) electrons. The van der Waals surface area contributed by atoms with Crippen LogP contribution in [0.4, 0.5) is 0 Å². The highest BCUT2D eigenvalue weighted by Crippen LogP contribution is 2.38.